The average molecular weight is 389 g/mol. The minimum Gasteiger partial charge on any atom is -0.378 e. The summed E-state index contributed by atoms with van der Waals surface area (Å²) in [6, 6.07) is 14.0. The zero-order valence-electron chi connectivity index (χ0n) is 15.1. The van der Waals surface area contributed by atoms with Crippen LogP contribution in [0.25, 0.3) is 0 Å². The lowest BCUT2D eigenvalue weighted by atomic mass is 10.2. The van der Waals surface area contributed by atoms with Crippen LogP contribution in [0.1, 0.15) is 17.3 Å². The molecule has 8 heteroatoms. The second-order valence-electron chi connectivity index (χ2n) is 6.18. The van der Waals surface area contributed by atoms with E-state index in [9.17, 15) is 13.2 Å². The molecule has 0 bridgehead atoms. The van der Waals surface area contributed by atoms with E-state index in [1.807, 2.05) is 24.3 Å². The summed E-state index contributed by atoms with van der Waals surface area (Å²) in [4.78, 5) is 14.6. The molecule has 1 heterocycles. The first kappa shape index (κ1) is 19.2. The molecule has 0 radical (unpaired) electrons. The molecule has 0 aliphatic carbocycles. The molecule has 2 N–H and O–H groups in total. The molecular formula is C19H23N3O4S. The van der Waals surface area contributed by atoms with Crippen molar-refractivity contribution in [3.05, 3.63) is 54.1 Å². The molecule has 2 aromatic carbocycles. The number of sulfonamides is 1. The first-order valence-electron chi connectivity index (χ1n) is 8.81. The van der Waals surface area contributed by atoms with E-state index in [4.69, 9.17) is 4.74 Å². The van der Waals surface area contributed by atoms with Gasteiger partial charge in [-0.25, -0.2) is 8.42 Å². The molecule has 3 rings (SSSR count). The fourth-order valence-corrected chi connectivity index (χ4v) is 3.36. The Balaban J connectivity index is 1.61. The summed E-state index contributed by atoms with van der Waals surface area (Å²) in [6.45, 7) is 4.74. The van der Waals surface area contributed by atoms with E-state index in [0.29, 0.717) is 16.9 Å². The van der Waals surface area contributed by atoms with Crippen LogP contribution in [0.5, 0.6) is 0 Å². The number of morpholine rings is 1. The van der Waals surface area contributed by atoms with Gasteiger partial charge in [-0.15, -0.1) is 0 Å². The Kier molecular flexibility index (Phi) is 5.98. The number of hydrogen-bond donors (Lipinski definition) is 2. The topological polar surface area (TPSA) is 87.7 Å². The van der Waals surface area contributed by atoms with Gasteiger partial charge in [0.05, 0.1) is 19.0 Å². The van der Waals surface area contributed by atoms with Crippen molar-refractivity contribution in [2.75, 3.05) is 47.0 Å². The summed E-state index contributed by atoms with van der Waals surface area (Å²) < 4.78 is 30.9. The maximum absolute atomic E-state index is 12.4. The van der Waals surface area contributed by atoms with Crippen molar-refractivity contribution in [2.45, 2.75) is 6.92 Å². The van der Waals surface area contributed by atoms with E-state index >= 15 is 0 Å². The summed E-state index contributed by atoms with van der Waals surface area (Å²) in [6.07, 6.45) is 0. The average Bonchev–Trinajstić information content (AvgIpc) is 2.69. The van der Waals surface area contributed by atoms with Crippen molar-refractivity contribution >= 4 is 33.0 Å². The highest BCUT2D eigenvalue weighted by Crippen LogP contribution is 2.20. The fourth-order valence-electron chi connectivity index (χ4n) is 2.72. The Labute approximate surface area is 159 Å². The molecule has 1 saturated heterocycles. The largest absolute Gasteiger partial charge is 0.378 e. The summed E-state index contributed by atoms with van der Waals surface area (Å²) in [5.41, 5.74) is 2.69. The standard InChI is InChI=1S/C19H23N3O4S/c1-2-27(24,25)21-17-5-3-15(4-6-17)19(23)20-16-7-9-18(10-8-16)22-11-13-26-14-12-22/h3-10,21H,2,11-14H2,1H3,(H,20,23). The van der Waals surface area contributed by atoms with Gasteiger partial charge in [-0.05, 0) is 55.5 Å². The molecule has 0 atom stereocenters. The molecule has 1 fully saturated rings. The smallest absolute Gasteiger partial charge is 0.255 e. The Morgan fingerprint density at radius 2 is 1.59 bits per heavy atom. The van der Waals surface area contributed by atoms with E-state index in [1.54, 1.807) is 31.2 Å². The number of rotatable bonds is 6. The fraction of sp³-hybridized carbons (Fsp3) is 0.316. The lowest BCUT2D eigenvalue weighted by Gasteiger charge is -2.28. The molecule has 1 amide bonds. The number of carbonyl (C=O) groups excluding carboxylic acids is 1. The van der Waals surface area contributed by atoms with Crippen LogP contribution < -0.4 is 14.9 Å². The number of anilines is 3. The first-order valence-corrected chi connectivity index (χ1v) is 10.5. The van der Waals surface area contributed by atoms with Gasteiger partial charge in [0.2, 0.25) is 10.0 Å². The third-order valence-corrected chi connectivity index (χ3v) is 5.61. The maximum Gasteiger partial charge on any atom is 0.255 e. The number of nitrogens with one attached hydrogen (secondary N) is 2. The molecule has 7 nitrogen and oxygen atoms in total. The minimum absolute atomic E-state index is 0.00428. The van der Waals surface area contributed by atoms with Gasteiger partial charge >= 0.3 is 0 Å². The Hall–Kier alpha value is -2.58. The molecule has 1 aliphatic heterocycles. The molecular weight excluding hydrogens is 366 g/mol. The molecule has 27 heavy (non-hydrogen) atoms. The third kappa shape index (κ3) is 5.21. The Morgan fingerprint density at radius 3 is 2.19 bits per heavy atom. The van der Waals surface area contributed by atoms with Crippen LogP contribution in [-0.4, -0.2) is 46.4 Å². The number of nitrogens with zero attached hydrogens (tertiary/aromatic N) is 1. The summed E-state index contributed by atoms with van der Waals surface area (Å²) in [7, 11) is -3.33. The van der Waals surface area contributed by atoms with Crippen LogP contribution >= 0.6 is 0 Å². The Bertz CT molecular complexity index is 874. The van der Waals surface area contributed by atoms with Crippen molar-refractivity contribution < 1.29 is 17.9 Å². The third-order valence-electron chi connectivity index (χ3n) is 4.30. The predicted molar refractivity (Wildman–Crippen MR) is 107 cm³/mol. The molecule has 1 aliphatic rings. The van der Waals surface area contributed by atoms with Crippen LogP contribution in [0.3, 0.4) is 0 Å². The lowest BCUT2D eigenvalue weighted by Crippen LogP contribution is -2.36. The summed E-state index contributed by atoms with van der Waals surface area (Å²) in [5, 5.41) is 2.85. The first-order chi connectivity index (χ1) is 13.0. The number of ether oxygens (including phenoxy) is 1. The van der Waals surface area contributed by atoms with E-state index in [-0.39, 0.29) is 11.7 Å². The van der Waals surface area contributed by atoms with Gasteiger partial charge in [-0.1, -0.05) is 0 Å². The molecule has 144 valence electrons. The SMILES string of the molecule is CCS(=O)(=O)Nc1ccc(C(=O)Nc2ccc(N3CCOCC3)cc2)cc1. The van der Waals surface area contributed by atoms with E-state index in [0.717, 1.165) is 32.0 Å². The number of benzene rings is 2. The second-order valence-corrected chi connectivity index (χ2v) is 8.19. The van der Waals surface area contributed by atoms with Crippen LogP contribution in [0.15, 0.2) is 48.5 Å². The molecule has 2 aromatic rings. The number of carbonyl (C=O) groups is 1. The van der Waals surface area contributed by atoms with Gasteiger partial charge in [0.1, 0.15) is 0 Å². The van der Waals surface area contributed by atoms with Gasteiger partial charge in [0.25, 0.3) is 5.91 Å². The van der Waals surface area contributed by atoms with Crippen molar-refractivity contribution in [3.8, 4) is 0 Å². The van der Waals surface area contributed by atoms with Crippen molar-refractivity contribution in [3.63, 3.8) is 0 Å². The van der Waals surface area contributed by atoms with E-state index < -0.39 is 10.0 Å². The minimum atomic E-state index is -3.33. The highest BCUT2D eigenvalue weighted by atomic mass is 32.2. The molecule has 0 unspecified atom stereocenters. The highest BCUT2D eigenvalue weighted by molar-refractivity contribution is 7.92. The lowest BCUT2D eigenvalue weighted by molar-refractivity contribution is 0.102. The second kappa shape index (κ2) is 8.41. The van der Waals surface area contributed by atoms with Crippen LogP contribution in [0, 0.1) is 0 Å². The van der Waals surface area contributed by atoms with E-state index in [1.165, 1.54) is 0 Å². The zero-order valence-corrected chi connectivity index (χ0v) is 16.0. The quantitative estimate of drug-likeness (QED) is 0.793. The molecule has 0 saturated carbocycles. The highest BCUT2D eigenvalue weighted by Gasteiger charge is 2.12. The van der Waals surface area contributed by atoms with Crippen LogP contribution in [0.2, 0.25) is 0 Å². The summed E-state index contributed by atoms with van der Waals surface area (Å²) >= 11 is 0. The van der Waals surface area contributed by atoms with Crippen molar-refractivity contribution in [1.29, 1.82) is 0 Å². The Morgan fingerprint density at radius 1 is 1.00 bits per heavy atom. The van der Waals surface area contributed by atoms with Crippen LogP contribution in [0.4, 0.5) is 17.1 Å². The summed E-state index contributed by atoms with van der Waals surface area (Å²) in [5.74, 6) is -0.255. The maximum atomic E-state index is 12.4. The predicted octanol–water partition coefficient (Wildman–Crippen LogP) is 2.54. The van der Waals surface area contributed by atoms with Crippen molar-refractivity contribution in [2.24, 2.45) is 0 Å². The molecule has 0 spiro atoms. The van der Waals surface area contributed by atoms with Crippen molar-refractivity contribution in [1.82, 2.24) is 0 Å². The van der Waals surface area contributed by atoms with Gasteiger partial charge in [0.15, 0.2) is 0 Å². The number of hydrogen-bond acceptors (Lipinski definition) is 5. The van der Waals surface area contributed by atoms with Gasteiger partial charge in [-0.3, -0.25) is 9.52 Å². The van der Waals surface area contributed by atoms with E-state index in [2.05, 4.69) is 14.9 Å². The van der Waals surface area contributed by atoms with Gasteiger partial charge in [-0.2, -0.15) is 0 Å². The molecule has 0 aromatic heterocycles. The van der Waals surface area contributed by atoms with Crippen LogP contribution in [-0.2, 0) is 14.8 Å². The van der Waals surface area contributed by atoms with Gasteiger partial charge < -0.3 is 15.0 Å². The van der Waals surface area contributed by atoms with Gasteiger partial charge in [0, 0.05) is 35.7 Å². The normalized spacial score (nSPS) is 14.6. The monoisotopic (exact) mass is 389 g/mol. The number of amides is 1. The zero-order chi connectivity index (χ0) is 19.3.